The summed E-state index contributed by atoms with van der Waals surface area (Å²) in [5.74, 6) is 2.85. The van der Waals surface area contributed by atoms with E-state index >= 15 is 4.57 Å². The second-order valence-corrected chi connectivity index (χ2v) is 12.5. The quantitative estimate of drug-likeness (QED) is 0.176. The molecule has 1 aliphatic heterocycles. The fourth-order valence-electron chi connectivity index (χ4n) is 5.55. The first kappa shape index (κ1) is 28.2. The number of fused-ring (bicyclic) bond motifs is 1. The molecule has 0 spiro atoms. The Hall–Kier alpha value is -4.93. The molecule has 0 radical (unpaired) electrons. The molecule has 216 valence electrons. The van der Waals surface area contributed by atoms with E-state index in [1.165, 1.54) is 0 Å². The number of anilines is 1. The van der Waals surface area contributed by atoms with E-state index in [2.05, 4.69) is 0 Å². The van der Waals surface area contributed by atoms with Gasteiger partial charge >= 0.3 is 0 Å². The van der Waals surface area contributed by atoms with Crippen LogP contribution >= 0.6 is 7.29 Å². The summed E-state index contributed by atoms with van der Waals surface area (Å²) in [6, 6.07) is 39.0. The number of hydrogen-bond donors (Lipinski definition) is 0. The Balaban J connectivity index is 1.78. The van der Waals surface area contributed by atoms with Gasteiger partial charge in [0, 0.05) is 27.4 Å². The molecule has 0 amide bonds. The fourth-order valence-corrected chi connectivity index (χ4v) is 8.57. The van der Waals surface area contributed by atoms with Gasteiger partial charge in [-0.2, -0.15) is 0 Å². The Morgan fingerprint density at radius 1 is 0.535 bits per heavy atom. The van der Waals surface area contributed by atoms with Crippen LogP contribution < -0.4 is 34.2 Å². The normalized spacial score (nSPS) is 16.0. The highest BCUT2D eigenvalue weighted by Crippen LogP contribution is 2.60. The van der Waals surface area contributed by atoms with Crippen LogP contribution in [0.15, 0.2) is 121 Å². The van der Waals surface area contributed by atoms with E-state index in [9.17, 15) is 0 Å². The van der Waals surface area contributed by atoms with Gasteiger partial charge in [0.2, 0.25) is 7.29 Å². The van der Waals surface area contributed by atoms with E-state index in [1.807, 2.05) is 126 Å². The SMILES string of the molecule is COc1ccc(C2=C(c3ccc(OC)cc3)N(c3ccccc3)P(=O)(c3ccc(OC)cc3)c3ccc(OC)cc32)cc1. The predicted octanol–water partition coefficient (Wildman–Crippen LogP) is 7.39. The molecule has 7 heteroatoms. The van der Waals surface area contributed by atoms with Crippen LogP contribution in [0.25, 0.3) is 11.3 Å². The third kappa shape index (κ3) is 4.94. The maximum Gasteiger partial charge on any atom is 0.234 e. The summed E-state index contributed by atoms with van der Waals surface area (Å²) in [4.78, 5) is 0. The molecule has 0 saturated carbocycles. The van der Waals surface area contributed by atoms with E-state index in [-0.39, 0.29) is 0 Å². The van der Waals surface area contributed by atoms with E-state index < -0.39 is 7.29 Å². The molecule has 1 heterocycles. The van der Waals surface area contributed by atoms with E-state index in [4.69, 9.17) is 18.9 Å². The summed E-state index contributed by atoms with van der Waals surface area (Å²) < 4.78 is 40.3. The number of hydrogen-bond acceptors (Lipinski definition) is 5. The van der Waals surface area contributed by atoms with Gasteiger partial charge in [-0.05, 0) is 102 Å². The molecule has 5 aromatic rings. The first-order chi connectivity index (χ1) is 21.0. The minimum absolute atomic E-state index is 0.674. The van der Waals surface area contributed by atoms with Crippen LogP contribution in [-0.2, 0) is 4.57 Å². The molecule has 43 heavy (non-hydrogen) atoms. The van der Waals surface area contributed by atoms with Gasteiger partial charge in [-0.25, -0.2) is 0 Å². The summed E-state index contributed by atoms with van der Waals surface area (Å²) in [7, 11) is 3.02. The molecule has 0 N–H and O–H groups in total. The first-order valence-electron chi connectivity index (χ1n) is 13.8. The summed E-state index contributed by atoms with van der Waals surface area (Å²) in [6.45, 7) is 0. The Bertz CT molecular complexity index is 1820. The molecule has 6 rings (SSSR count). The lowest BCUT2D eigenvalue weighted by Crippen LogP contribution is -2.37. The van der Waals surface area contributed by atoms with Crippen molar-refractivity contribution in [3.05, 3.63) is 138 Å². The highest BCUT2D eigenvalue weighted by Gasteiger charge is 2.45. The highest BCUT2D eigenvalue weighted by molar-refractivity contribution is 7.80. The topological polar surface area (TPSA) is 57.2 Å². The van der Waals surface area contributed by atoms with E-state index in [0.29, 0.717) is 22.1 Å². The van der Waals surface area contributed by atoms with Crippen LogP contribution in [0, 0.1) is 0 Å². The zero-order valence-electron chi connectivity index (χ0n) is 24.5. The van der Waals surface area contributed by atoms with Crippen molar-refractivity contribution in [1.29, 1.82) is 0 Å². The molecular formula is C36H32NO5P. The van der Waals surface area contributed by atoms with E-state index in [1.54, 1.807) is 28.4 Å². The number of methoxy groups -OCH3 is 4. The lowest BCUT2D eigenvalue weighted by Gasteiger charge is -2.42. The van der Waals surface area contributed by atoms with Crippen LogP contribution in [0.4, 0.5) is 5.69 Å². The molecule has 1 aliphatic rings. The minimum Gasteiger partial charge on any atom is -0.497 e. The molecule has 5 aromatic carbocycles. The second-order valence-electron chi connectivity index (χ2n) is 9.99. The van der Waals surface area contributed by atoms with Gasteiger partial charge in [0.15, 0.2) is 0 Å². The maximum atomic E-state index is 16.1. The van der Waals surface area contributed by atoms with Crippen molar-refractivity contribution >= 4 is 34.9 Å². The molecule has 0 aromatic heterocycles. The van der Waals surface area contributed by atoms with Crippen LogP contribution in [-0.4, -0.2) is 28.4 Å². The van der Waals surface area contributed by atoms with Crippen molar-refractivity contribution in [2.24, 2.45) is 0 Å². The lowest BCUT2D eigenvalue weighted by molar-refractivity contribution is 0.414. The summed E-state index contributed by atoms with van der Waals surface area (Å²) in [5.41, 5.74) is 5.20. The third-order valence-electron chi connectivity index (χ3n) is 7.70. The Morgan fingerprint density at radius 2 is 1.02 bits per heavy atom. The average Bonchev–Trinajstić information content (AvgIpc) is 3.08. The second kappa shape index (κ2) is 11.7. The summed E-state index contributed by atoms with van der Waals surface area (Å²) in [6.07, 6.45) is 0. The van der Waals surface area contributed by atoms with Gasteiger partial charge < -0.3 is 18.9 Å². The molecule has 0 aliphatic carbocycles. The standard InChI is InChI=1S/C36H32NO5P/c1-39-28-14-10-25(11-15-28)35-33-24-31(42-4)20-23-34(33)43(38,32-21-18-30(41-3)19-22-32)37(27-8-6-5-7-9-27)36(35)26-12-16-29(40-2)17-13-26/h5-24H,1-4H3. The van der Waals surface area contributed by atoms with Crippen molar-refractivity contribution in [3.63, 3.8) is 0 Å². The van der Waals surface area contributed by atoms with Crippen LogP contribution in [0.1, 0.15) is 16.7 Å². The molecule has 6 nitrogen and oxygen atoms in total. The van der Waals surface area contributed by atoms with Crippen molar-refractivity contribution in [1.82, 2.24) is 0 Å². The smallest absolute Gasteiger partial charge is 0.234 e. The largest absolute Gasteiger partial charge is 0.497 e. The van der Waals surface area contributed by atoms with Gasteiger partial charge in [0.1, 0.15) is 23.0 Å². The third-order valence-corrected chi connectivity index (χ3v) is 10.7. The minimum atomic E-state index is -3.55. The van der Waals surface area contributed by atoms with Gasteiger partial charge in [0.05, 0.1) is 34.1 Å². The van der Waals surface area contributed by atoms with Crippen molar-refractivity contribution in [3.8, 4) is 23.0 Å². The van der Waals surface area contributed by atoms with Gasteiger partial charge in [-0.1, -0.05) is 30.3 Å². The molecular weight excluding hydrogens is 557 g/mol. The molecule has 0 bridgehead atoms. The highest BCUT2D eigenvalue weighted by atomic mass is 31.2. The van der Waals surface area contributed by atoms with Crippen molar-refractivity contribution in [2.45, 2.75) is 0 Å². The van der Waals surface area contributed by atoms with Gasteiger partial charge in [-0.15, -0.1) is 0 Å². The predicted molar refractivity (Wildman–Crippen MR) is 174 cm³/mol. The van der Waals surface area contributed by atoms with Gasteiger partial charge in [-0.3, -0.25) is 9.24 Å². The van der Waals surface area contributed by atoms with Crippen LogP contribution in [0.3, 0.4) is 0 Å². The van der Waals surface area contributed by atoms with Gasteiger partial charge in [0.25, 0.3) is 0 Å². The Kier molecular flexibility index (Phi) is 7.71. The number of ether oxygens (including phenoxy) is 4. The zero-order chi connectivity index (χ0) is 30.0. The molecule has 0 fully saturated rings. The Morgan fingerprint density at radius 3 is 1.56 bits per heavy atom. The van der Waals surface area contributed by atoms with Crippen molar-refractivity contribution < 1.29 is 23.5 Å². The Labute approximate surface area is 252 Å². The molecule has 0 saturated heterocycles. The molecule has 1 unspecified atom stereocenters. The van der Waals surface area contributed by atoms with E-state index in [0.717, 1.165) is 45.1 Å². The maximum absolute atomic E-state index is 16.1. The first-order valence-corrected chi connectivity index (χ1v) is 15.5. The van der Waals surface area contributed by atoms with Crippen LogP contribution in [0.2, 0.25) is 0 Å². The number of nitrogens with zero attached hydrogens (tertiary/aromatic N) is 1. The number of benzene rings is 5. The summed E-state index contributed by atoms with van der Waals surface area (Å²) >= 11 is 0. The summed E-state index contributed by atoms with van der Waals surface area (Å²) in [5, 5.41) is 1.40. The number of rotatable bonds is 8. The lowest BCUT2D eigenvalue weighted by atomic mass is 9.92. The van der Waals surface area contributed by atoms with Crippen molar-refractivity contribution in [2.75, 3.05) is 33.1 Å². The average molecular weight is 590 g/mol. The number of para-hydroxylation sites is 1. The molecule has 1 atom stereocenters. The van der Waals surface area contributed by atoms with Crippen LogP contribution in [0.5, 0.6) is 23.0 Å². The fraction of sp³-hybridized carbons (Fsp3) is 0.111. The zero-order valence-corrected chi connectivity index (χ0v) is 25.4. The monoisotopic (exact) mass is 589 g/mol.